The number of para-hydroxylation sites is 1. The van der Waals surface area contributed by atoms with Crippen molar-refractivity contribution in [2.75, 3.05) is 0 Å². The zero-order chi connectivity index (χ0) is 15.6. The van der Waals surface area contributed by atoms with E-state index >= 15 is 0 Å². The van der Waals surface area contributed by atoms with Gasteiger partial charge in [-0.1, -0.05) is 43.9 Å². The first-order chi connectivity index (χ1) is 11.3. The van der Waals surface area contributed by atoms with E-state index in [1.165, 1.54) is 25.7 Å². The molecular formula is C18H20N4O. The van der Waals surface area contributed by atoms with Gasteiger partial charge in [0.15, 0.2) is 11.2 Å². The molecule has 1 aliphatic carbocycles. The quantitative estimate of drug-likeness (QED) is 0.681. The standard InChI is InChI=1S/C18H20N4O/c23-18-16-17(21(12-19-16)14-8-6-3-7-9-14)20-13-22(18)15-10-4-1-2-5-11-15/h3,6-9,12-13,15H,1-2,4-5,10-11H2. The number of hydrogen-bond acceptors (Lipinski definition) is 3. The van der Waals surface area contributed by atoms with Gasteiger partial charge in [0, 0.05) is 11.7 Å². The summed E-state index contributed by atoms with van der Waals surface area (Å²) in [6.45, 7) is 0. The summed E-state index contributed by atoms with van der Waals surface area (Å²) in [4.78, 5) is 21.7. The van der Waals surface area contributed by atoms with E-state index in [0.717, 1.165) is 18.5 Å². The van der Waals surface area contributed by atoms with Gasteiger partial charge in [0.2, 0.25) is 0 Å². The fourth-order valence-corrected chi connectivity index (χ4v) is 3.48. The normalized spacial score (nSPS) is 16.5. The molecule has 1 aromatic carbocycles. The molecule has 0 spiro atoms. The first kappa shape index (κ1) is 14.2. The topological polar surface area (TPSA) is 52.7 Å². The van der Waals surface area contributed by atoms with Gasteiger partial charge in [0.25, 0.3) is 5.56 Å². The van der Waals surface area contributed by atoms with E-state index in [0.29, 0.717) is 11.2 Å². The molecule has 0 N–H and O–H groups in total. The summed E-state index contributed by atoms with van der Waals surface area (Å²) in [7, 11) is 0. The van der Waals surface area contributed by atoms with Crippen LogP contribution < -0.4 is 5.56 Å². The van der Waals surface area contributed by atoms with Gasteiger partial charge in [0.1, 0.15) is 12.7 Å². The third kappa shape index (κ3) is 2.56. The van der Waals surface area contributed by atoms with E-state index in [9.17, 15) is 4.79 Å². The van der Waals surface area contributed by atoms with E-state index in [1.807, 2.05) is 34.9 Å². The molecule has 0 amide bonds. The number of nitrogens with zero attached hydrogens (tertiary/aromatic N) is 4. The van der Waals surface area contributed by atoms with Crippen molar-refractivity contribution in [3.63, 3.8) is 0 Å². The van der Waals surface area contributed by atoms with Crippen LogP contribution in [-0.4, -0.2) is 19.1 Å². The van der Waals surface area contributed by atoms with Gasteiger partial charge in [-0.3, -0.25) is 13.9 Å². The number of fused-ring (bicyclic) bond motifs is 1. The molecule has 2 aromatic heterocycles. The molecular weight excluding hydrogens is 288 g/mol. The maximum absolute atomic E-state index is 12.8. The lowest BCUT2D eigenvalue weighted by Crippen LogP contribution is -2.25. The van der Waals surface area contributed by atoms with Crippen LogP contribution in [0.15, 0.2) is 47.8 Å². The Balaban J connectivity index is 1.79. The predicted octanol–water partition coefficient (Wildman–Crippen LogP) is 3.48. The van der Waals surface area contributed by atoms with E-state index in [4.69, 9.17) is 0 Å². The number of aromatic nitrogens is 4. The second-order valence-electron chi connectivity index (χ2n) is 6.22. The highest BCUT2D eigenvalue weighted by Gasteiger charge is 2.18. The Hall–Kier alpha value is -2.43. The van der Waals surface area contributed by atoms with Crippen molar-refractivity contribution in [3.05, 3.63) is 53.3 Å². The van der Waals surface area contributed by atoms with Crippen molar-refractivity contribution >= 4 is 11.2 Å². The summed E-state index contributed by atoms with van der Waals surface area (Å²) in [6, 6.07) is 10.1. The molecule has 0 atom stereocenters. The minimum absolute atomic E-state index is 0.0171. The monoisotopic (exact) mass is 308 g/mol. The predicted molar refractivity (Wildman–Crippen MR) is 89.9 cm³/mol. The van der Waals surface area contributed by atoms with Crippen molar-refractivity contribution in [2.45, 2.75) is 44.6 Å². The van der Waals surface area contributed by atoms with Crippen LogP contribution in [0.2, 0.25) is 0 Å². The van der Waals surface area contributed by atoms with Gasteiger partial charge in [-0.15, -0.1) is 0 Å². The van der Waals surface area contributed by atoms with Gasteiger partial charge in [0.05, 0.1) is 0 Å². The van der Waals surface area contributed by atoms with Crippen LogP contribution in [0.5, 0.6) is 0 Å². The number of rotatable bonds is 2. The summed E-state index contributed by atoms with van der Waals surface area (Å²) >= 11 is 0. The van der Waals surface area contributed by atoms with Crippen LogP contribution in [0.4, 0.5) is 0 Å². The van der Waals surface area contributed by atoms with Gasteiger partial charge >= 0.3 is 0 Å². The Bertz CT molecular complexity index is 858. The Morgan fingerprint density at radius 3 is 2.39 bits per heavy atom. The minimum atomic E-state index is -0.0171. The zero-order valence-electron chi connectivity index (χ0n) is 13.1. The smallest absolute Gasteiger partial charge is 0.281 e. The van der Waals surface area contributed by atoms with Crippen LogP contribution in [0.3, 0.4) is 0 Å². The fourth-order valence-electron chi connectivity index (χ4n) is 3.48. The van der Waals surface area contributed by atoms with Crippen LogP contribution >= 0.6 is 0 Å². The third-order valence-corrected chi connectivity index (χ3v) is 4.74. The van der Waals surface area contributed by atoms with Gasteiger partial charge < -0.3 is 0 Å². The molecule has 5 nitrogen and oxygen atoms in total. The molecule has 1 aliphatic rings. The van der Waals surface area contributed by atoms with Crippen molar-refractivity contribution in [1.29, 1.82) is 0 Å². The highest BCUT2D eigenvalue weighted by molar-refractivity contribution is 5.71. The van der Waals surface area contributed by atoms with Crippen LogP contribution in [-0.2, 0) is 0 Å². The Morgan fingerprint density at radius 1 is 0.913 bits per heavy atom. The van der Waals surface area contributed by atoms with Crippen LogP contribution in [0, 0.1) is 0 Å². The van der Waals surface area contributed by atoms with E-state index in [2.05, 4.69) is 9.97 Å². The molecule has 0 saturated heterocycles. The van der Waals surface area contributed by atoms with Crippen LogP contribution in [0.1, 0.15) is 44.6 Å². The van der Waals surface area contributed by atoms with E-state index in [-0.39, 0.29) is 11.6 Å². The maximum atomic E-state index is 12.8. The first-order valence-corrected chi connectivity index (χ1v) is 8.34. The lowest BCUT2D eigenvalue weighted by Gasteiger charge is -2.16. The van der Waals surface area contributed by atoms with Gasteiger partial charge in [-0.25, -0.2) is 9.97 Å². The maximum Gasteiger partial charge on any atom is 0.281 e. The molecule has 0 bridgehead atoms. The molecule has 118 valence electrons. The Labute approximate surface area is 134 Å². The number of imidazole rings is 1. The van der Waals surface area contributed by atoms with Crippen molar-refractivity contribution in [2.24, 2.45) is 0 Å². The van der Waals surface area contributed by atoms with Crippen molar-refractivity contribution in [3.8, 4) is 5.69 Å². The molecule has 4 rings (SSSR count). The van der Waals surface area contributed by atoms with Gasteiger partial charge in [-0.2, -0.15) is 0 Å². The molecule has 0 unspecified atom stereocenters. The summed E-state index contributed by atoms with van der Waals surface area (Å²) in [6.07, 6.45) is 10.4. The molecule has 2 heterocycles. The summed E-state index contributed by atoms with van der Waals surface area (Å²) in [5.41, 5.74) is 2.04. The largest absolute Gasteiger partial charge is 0.294 e. The fraction of sp³-hybridized carbons (Fsp3) is 0.389. The lowest BCUT2D eigenvalue weighted by atomic mass is 10.1. The summed E-state index contributed by atoms with van der Waals surface area (Å²) in [5, 5.41) is 0. The van der Waals surface area contributed by atoms with Crippen molar-refractivity contribution < 1.29 is 0 Å². The lowest BCUT2D eigenvalue weighted by molar-refractivity contribution is 0.429. The average Bonchev–Trinajstić information content (AvgIpc) is 2.84. The Morgan fingerprint density at radius 2 is 1.65 bits per heavy atom. The molecule has 23 heavy (non-hydrogen) atoms. The summed E-state index contributed by atoms with van der Waals surface area (Å²) in [5.74, 6) is 0. The van der Waals surface area contributed by atoms with Crippen molar-refractivity contribution in [1.82, 2.24) is 19.1 Å². The number of hydrogen-bond donors (Lipinski definition) is 0. The third-order valence-electron chi connectivity index (χ3n) is 4.74. The highest BCUT2D eigenvalue weighted by atomic mass is 16.1. The van der Waals surface area contributed by atoms with Crippen LogP contribution in [0.25, 0.3) is 16.9 Å². The molecule has 1 fully saturated rings. The molecule has 0 aliphatic heterocycles. The second kappa shape index (κ2) is 5.99. The highest BCUT2D eigenvalue weighted by Crippen LogP contribution is 2.26. The first-order valence-electron chi connectivity index (χ1n) is 8.34. The SMILES string of the molecule is O=c1c2ncn(-c3ccccc3)c2ncn1C1CCCCCC1. The Kier molecular flexibility index (Phi) is 3.69. The average molecular weight is 308 g/mol. The summed E-state index contributed by atoms with van der Waals surface area (Å²) < 4.78 is 3.67. The zero-order valence-corrected chi connectivity index (χ0v) is 13.1. The van der Waals surface area contributed by atoms with E-state index in [1.54, 1.807) is 17.2 Å². The van der Waals surface area contributed by atoms with E-state index < -0.39 is 0 Å². The molecule has 0 radical (unpaired) electrons. The van der Waals surface area contributed by atoms with Gasteiger partial charge in [-0.05, 0) is 25.0 Å². The number of benzene rings is 1. The molecule has 3 aromatic rings. The second-order valence-corrected chi connectivity index (χ2v) is 6.22. The molecule has 5 heteroatoms. The minimum Gasteiger partial charge on any atom is -0.294 e. The molecule has 1 saturated carbocycles.